The zero-order chi connectivity index (χ0) is 23.6. The van der Waals surface area contributed by atoms with Gasteiger partial charge < -0.3 is 14.4 Å². The van der Waals surface area contributed by atoms with Crippen LogP contribution in [0, 0.1) is 0 Å². The molecule has 1 saturated heterocycles. The first kappa shape index (κ1) is 22.8. The Hall–Kier alpha value is -3.40. The number of aliphatic imine (C=N–C) groups is 1. The summed E-state index contributed by atoms with van der Waals surface area (Å²) in [6.45, 7) is 4.26. The summed E-state index contributed by atoms with van der Waals surface area (Å²) >= 11 is 0. The number of hydrogen-bond acceptors (Lipinski definition) is 5. The Bertz CT molecular complexity index is 1170. The van der Waals surface area contributed by atoms with E-state index >= 15 is 0 Å². The quantitative estimate of drug-likeness (QED) is 0.538. The Morgan fingerprint density at radius 3 is 2.48 bits per heavy atom. The number of morpholine rings is 1. The number of hydrogen-bond donors (Lipinski definition) is 0. The smallest absolute Gasteiger partial charge is 0.473 e. The van der Waals surface area contributed by atoms with Crippen molar-refractivity contribution < 1.29 is 27.4 Å². The molecule has 174 valence electrons. The molecule has 0 saturated carbocycles. The van der Waals surface area contributed by atoms with Crippen LogP contribution in [0.25, 0.3) is 10.9 Å². The van der Waals surface area contributed by atoms with Crippen LogP contribution in [-0.2, 0) is 9.53 Å². The van der Waals surface area contributed by atoms with Crippen LogP contribution >= 0.6 is 0 Å². The lowest BCUT2D eigenvalue weighted by Crippen LogP contribution is -2.36. The van der Waals surface area contributed by atoms with Crippen LogP contribution in [0.2, 0.25) is 0 Å². The zero-order valence-electron chi connectivity index (χ0n) is 18.2. The number of fused-ring (bicyclic) bond motifs is 1. The highest BCUT2D eigenvalue weighted by atomic mass is 19.4. The van der Waals surface area contributed by atoms with E-state index < -0.39 is 18.1 Å². The van der Waals surface area contributed by atoms with Gasteiger partial charge in [-0.2, -0.15) is 18.3 Å². The first-order chi connectivity index (χ1) is 15.8. The number of alkyl halides is 3. The van der Waals surface area contributed by atoms with Gasteiger partial charge in [0.05, 0.1) is 32.0 Å². The highest BCUT2D eigenvalue weighted by Crippen LogP contribution is 2.30. The monoisotopic (exact) mass is 460 g/mol. The van der Waals surface area contributed by atoms with Gasteiger partial charge in [-0.15, -0.1) is 0 Å². The minimum absolute atomic E-state index is 0.0234. The number of benzene rings is 2. The molecule has 0 aliphatic carbocycles. The molecule has 1 atom stereocenters. The van der Waals surface area contributed by atoms with Gasteiger partial charge in [-0.1, -0.05) is 12.1 Å². The molecule has 0 radical (unpaired) electrons. The molecule has 0 N–H and O–H groups in total. The Morgan fingerprint density at radius 1 is 1.15 bits per heavy atom. The summed E-state index contributed by atoms with van der Waals surface area (Å²) < 4.78 is 50.8. The molecule has 1 aromatic heterocycles. The molecule has 33 heavy (non-hydrogen) atoms. The fraction of sp³-hybridized carbons (Fsp3) is 0.348. The van der Waals surface area contributed by atoms with Crippen LogP contribution < -0.4 is 9.64 Å². The molecule has 1 aliphatic heterocycles. The van der Waals surface area contributed by atoms with E-state index in [-0.39, 0.29) is 5.71 Å². The fourth-order valence-corrected chi connectivity index (χ4v) is 3.89. The SMILES string of the molecule is COc1ccc([C@H](C(C)=NC(=O)C(F)(F)F)n2ncc3cc(N4CCOCC4)ccc32)cc1. The number of rotatable bonds is 5. The Morgan fingerprint density at radius 2 is 1.85 bits per heavy atom. The normalized spacial score (nSPS) is 16.2. The van der Waals surface area contributed by atoms with Gasteiger partial charge in [-0.25, -0.2) is 4.99 Å². The van der Waals surface area contributed by atoms with Crippen molar-refractivity contribution in [3.63, 3.8) is 0 Å². The van der Waals surface area contributed by atoms with Gasteiger partial charge in [-0.3, -0.25) is 9.48 Å². The molecule has 1 fully saturated rings. The number of carbonyl (C=O) groups excluding carboxylic acids is 1. The van der Waals surface area contributed by atoms with Gasteiger partial charge in [0.2, 0.25) is 0 Å². The van der Waals surface area contributed by atoms with Gasteiger partial charge in [0.1, 0.15) is 11.8 Å². The van der Waals surface area contributed by atoms with Crippen molar-refractivity contribution in [3.05, 3.63) is 54.2 Å². The van der Waals surface area contributed by atoms with E-state index in [1.807, 2.05) is 18.2 Å². The van der Waals surface area contributed by atoms with E-state index in [9.17, 15) is 18.0 Å². The molecule has 0 spiro atoms. The predicted octanol–water partition coefficient (Wildman–Crippen LogP) is 4.02. The summed E-state index contributed by atoms with van der Waals surface area (Å²) in [6.07, 6.45) is -3.39. The van der Waals surface area contributed by atoms with Crippen LogP contribution in [0.5, 0.6) is 5.75 Å². The second-order valence-electron chi connectivity index (χ2n) is 7.66. The number of amides is 1. The summed E-state index contributed by atoms with van der Waals surface area (Å²) in [7, 11) is 1.52. The van der Waals surface area contributed by atoms with Gasteiger partial charge in [0, 0.05) is 29.9 Å². The maximum Gasteiger partial charge on any atom is 0.473 e. The van der Waals surface area contributed by atoms with Crippen LogP contribution in [0.1, 0.15) is 18.5 Å². The minimum atomic E-state index is -5.05. The Kier molecular flexibility index (Phi) is 6.37. The molecule has 10 heteroatoms. The topological polar surface area (TPSA) is 69.0 Å². The molecule has 7 nitrogen and oxygen atoms in total. The van der Waals surface area contributed by atoms with Crippen LogP contribution in [0.4, 0.5) is 18.9 Å². The zero-order valence-corrected chi connectivity index (χ0v) is 18.2. The van der Waals surface area contributed by atoms with E-state index in [1.54, 1.807) is 35.1 Å². The number of nitrogens with zero attached hydrogens (tertiary/aromatic N) is 4. The molecular weight excluding hydrogens is 437 g/mol. The predicted molar refractivity (Wildman–Crippen MR) is 118 cm³/mol. The van der Waals surface area contributed by atoms with Crippen molar-refractivity contribution in [2.24, 2.45) is 4.99 Å². The second-order valence-corrected chi connectivity index (χ2v) is 7.66. The highest BCUT2D eigenvalue weighted by Gasteiger charge is 2.39. The number of carbonyl (C=O) groups is 1. The molecule has 1 amide bonds. The van der Waals surface area contributed by atoms with Crippen LogP contribution in [-0.4, -0.2) is 61.0 Å². The van der Waals surface area contributed by atoms with Gasteiger partial charge >= 0.3 is 12.1 Å². The summed E-state index contributed by atoms with van der Waals surface area (Å²) in [5.41, 5.74) is 2.32. The molecule has 3 aromatic rings. The molecular formula is C23H23F3N4O3. The molecule has 0 unspecified atom stereocenters. The van der Waals surface area contributed by atoms with Crippen LogP contribution in [0.15, 0.2) is 53.7 Å². The average Bonchev–Trinajstić information content (AvgIpc) is 3.22. The van der Waals surface area contributed by atoms with Gasteiger partial charge in [0.25, 0.3) is 0 Å². The maximum absolute atomic E-state index is 12.9. The lowest BCUT2D eigenvalue weighted by atomic mass is 10.0. The van der Waals surface area contributed by atoms with Crippen LogP contribution in [0.3, 0.4) is 0 Å². The van der Waals surface area contributed by atoms with Crippen molar-refractivity contribution in [3.8, 4) is 5.75 Å². The lowest BCUT2D eigenvalue weighted by molar-refractivity contribution is -0.169. The van der Waals surface area contributed by atoms with Crippen molar-refractivity contribution in [2.45, 2.75) is 19.1 Å². The number of halogens is 3. The summed E-state index contributed by atoms with van der Waals surface area (Å²) in [5.74, 6) is -1.55. The lowest BCUT2D eigenvalue weighted by Gasteiger charge is -2.29. The third-order valence-electron chi connectivity index (χ3n) is 5.55. The molecule has 4 rings (SSSR count). The molecule has 2 heterocycles. The number of aromatic nitrogens is 2. The van der Waals surface area contributed by atoms with E-state index in [1.165, 1.54) is 14.0 Å². The molecule has 2 aromatic carbocycles. The number of methoxy groups -OCH3 is 1. The van der Waals surface area contributed by atoms with E-state index in [0.29, 0.717) is 30.0 Å². The average molecular weight is 460 g/mol. The Labute approximate surface area is 188 Å². The minimum Gasteiger partial charge on any atom is -0.497 e. The fourth-order valence-electron chi connectivity index (χ4n) is 3.89. The van der Waals surface area contributed by atoms with Gasteiger partial charge in [0.15, 0.2) is 0 Å². The maximum atomic E-state index is 12.9. The van der Waals surface area contributed by atoms with E-state index in [2.05, 4.69) is 15.0 Å². The van der Waals surface area contributed by atoms with Crippen molar-refractivity contribution in [1.29, 1.82) is 0 Å². The summed E-state index contributed by atoms with van der Waals surface area (Å²) in [6, 6.07) is 11.8. The first-order valence-electron chi connectivity index (χ1n) is 10.4. The third kappa shape index (κ3) is 4.85. The van der Waals surface area contributed by atoms with E-state index in [0.717, 1.165) is 24.2 Å². The van der Waals surface area contributed by atoms with Crippen molar-refractivity contribution >= 4 is 28.2 Å². The summed E-state index contributed by atoms with van der Waals surface area (Å²) in [5, 5.41) is 5.29. The molecule has 0 bridgehead atoms. The first-order valence-corrected chi connectivity index (χ1v) is 10.4. The largest absolute Gasteiger partial charge is 0.497 e. The second kappa shape index (κ2) is 9.22. The standard InChI is InChI=1S/C23H23F3N4O3/c1-15(28-22(31)23(24,25)26)21(16-3-6-19(32-2)7-4-16)30-20-8-5-18(13-17(20)14-27-30)29-9-11-33-12-10-29/h3-8,13-14,21H,9-12H2,1-2H3/t21-/m0/s1. The number of ether oxygens (including phenoxy) is 2. The van der Waals surface area contributed by atoms with Gasteiger partial charge in [-0.05, 0) is 42.8 Å². The van der Waals surface area contributed by atoms with Crippen molar-refractivity contribution in [2.75, 3.05) is 38.3 Å². The van der Waals surface area contributed by atoms with E-state index in [4.69, 9.17) is 9.47 Å². The summed E-state index contributed by atoms with van der Waals surface area (Å²) in [4.78, 5) is 17.2. The molecule has 1 aliphatic rings. The third-order valence-corrected chi connectivity index (χ3v) is 5.55. The van der Waals surface area contributed by atoms with Crippen molar-refractivity contribution in [1.82, 2.24) is 9.78 Å². The Balaban J connectivity index is 1.77. The number of anilines is 1. The highest BCUT2D eigenvalue weighted by molar-refractivity contribution is 6.00.